The van der Waals surface area contributed by atoms with Gasteiger partial charge in [-0.15, -0.1) is 11.3 Å². The van der Waals surface area contributed by atoms with Crippen LogP contribution >= 0.6 is 11.3 Å². The highest BCUT2D eigenvalue weighted by molar-refractivity contribution is 7.11. The van der Waals surface area contributed by atoms with E-state index in [1.54, 1.807) is 35.4 Å². The zero-order valence-corrected chi connectivity index (χ0v) is 14.1. The van der Waals surface area contributed by atoms with Crippen LogP contribution in [0.5, 0.6) is 0 Å². The van der Waals surface area contributed by atoms with Crippen molar-refractivity contribution in [3.8, 4) is 0 Å². The molecule has 1 N–H and O–H groups in total. The van der Waals surface area contributed by atoms with Gasteiger partial charge < -0.3 is 10.2 Å². The molecule has 1 aromatic heterocycles. The number of aromatic nitrogens is 1. The van der Waals surface area contributed by atoms with E-state index in [1.807, 2.05) is 12.3 Å². The Kier molecular flexibility index (Phi) is 4.61. The number of amides is 2. The molecule has 1 aliphatic carbocycles. The second-order valence-corrected chi connectivity index (χ2v) is 7.08. The number of carbonyl (C=O) groups excluding carboxylic acids is 1. The van der Waals surface area contributed by atoms with Crippen LogP contribution in [0.15, 0.2) is 30.5 Å². The summed E-state index contributed by atoms with van der Waals surface area (Å²) in [5.74, 6) is -0.0123. The van der Waals surface area contributed by atoms with Crippen molar-refractivity contribution in [1.82, 2.24) is 15.2 Å². The number of halogens is 1. The first kappa shape index (κ1) is 15.9. The van der Waals surface area contributed by atoms with Crippen molar-refractivity contribution in [1.29, 1.82) is 0 Å². The number of nitrogens with one attached hydrogen (secondary N) is 1. The molecule has 122 valence electrons. The summed E-state index contributed by atoms with van der Waals surface area (Å²) >= 11 is 1.64. The summed E-state index contributed by atoms with van der Waals surface area (Å²) in [5, 5.41) is 3.95. The van der Waals surface area contributed by atoms with Gasteiger partial charge in [-0.1, -0.05) is 19.1 Å². The Morgan fingerprint density at radius 3 is 3.04 bits per heavy atom. The molecule has 0 spiro atoms. The minimum atomic E-state index is -0.230. The van der Waals surface area contributed by atoms with E-state index in [9.17, 15) is 9.18 Å². The molecule has 4 nitrogen and oxygen atoms in total. The second-order valence-electron chi connectivity index (χ2n) is 5.88. The summed E-state index contributed by atoms with van der Waals surface area (Å²) in [4.78, 5) is 19.4. The molecule has 2 amide bonds. The van der Waals surface area contributed by atoms with Crippen molar-refractivity contribution >= 4 is 17.4 Å². The van der Waals surface area contributed by atoms with E-state index in [2.05, 4.69) is 17.2 Å². The minimum absolute atomic E-state index is 0.0919. The molecule has 0 bridgehead atoms. The van der Waals surface area contributed by atoms with Gasteiger partial charge in [0, 0.05) is 30.1 Å². The van der Waals surface area contributed by atoms with Gasteiger partial charge in [0.05, 0.1) is 6.54 Å². The number of aryl methyl sites for hydroxylation is 1. The van der Waals surface area contributed by atoms with E-state index in [1.165, 1.54) is 10.9 Å². The highest BCUT2D eigenvalue weighted by Gasteiger charge is 2.40. The van der Waals surface area contributed by atoms with Crippen LogP contribution in [0.4, 0.5) is 9.18 Å². The van der Waals surface area contributed by atoms with Crippen molar-refractivity contribution in [3.05, 3.63) is 51.7 Å². The van der Waals surface area contributed by atoms with Crippen LogP contribution in [0.3, 0.4) is 0 Å². The molecule has 1 heterocycles. The van der Waals surface area contributed by atoms with Crippen LogP contribution in [-0.4, -0.2) is 29.0 Å². The van der Waals surface area contributed by atoms with Crippen LogP contribution in [-0.2, 0) is 13.0 Å². The number of benzene rings is 1. The van der Waals surface area contributed by atoms with Crippen molar-refractivity contribution in [3.63, 3.8) is 0 Å². The molecule has 0 saturated heterocycles. The Hall–Kier alpha value is -1.95. The largest absolute Gasteiger partial charge is 0.335 e. The lowest BCUT2D eigenvalue weighted by atomic mass is 10.1. The van der Waals surface area contributed by atoms with Gasteiger partial charge in [0.25, 0.3) is 0 Å². The van der Waals surface area contributed by atoms with Crippen molar-refractivity contribution in [2.75, 3.05) is 7.05 Å². The second kappa shape index (κ2) is 6.66. The van der Waals surface area contributed by atoms with E-state index in [0.29, 0.717) is 6.54 Å². The lowest BCUT2D eigenvalue weighted by Gasteiger charge is -2.16. The van der Waals surface area contributed by atoms with Crippen LogP contribution in [0.2, 0.25) is 0 Å². The quantitative estimate of drug-likeness (QED) is 0.909. The average Bonchev–Trinajstić information content (AvgIpc) is 3.15. The van der Waals surface area contributed by atoms with Crippen molar-refractivity contribution in [2.24, 2.45) is 0 Å². The summed E-state index contributed by atoms with van der Waals surface area (Å²) in [6, 6.07) is 6.58. The Morgan fingerprint density at radius 1 is 1.52 bits per heavy atom. The third-order valence-electron chi connectivity index (χ3n) is 4.05. The number of hydrogen-bond acceptors (Lipinski definition) is 3. The highest BCUT2D eigenvalue weighted by Crippen LogP contribution is 2.40. The Bertz CT molecular complexity index is 703. The summed E-state index contributed by atoms with van der Waals surface area (Å²) in [7, 11) is 1.77. The monoisotopic (exact) mass is 333 g/mol. The summed E-state index contributed by atoms with van der Waals surface area (Å²) in [5.41, 5.74) is 0.950. The van der Waals surface area contributed by atoms with E-state index in [0.717, 1.165) is 23.4 Å². The Labute approximate surface area is 139 Å². The van der Waals surface area contributed by atoms with E-state index < -0.39 is 0 Å². The lowest BCUT2D eigenvalue weighted by Crippen LogP contribution is -2.38. The summed E-state index contributed by atoms with van der Waals surface area (Å²) in [6.45, 7) is 2.60. The molecule has 1 aromatic carbocycles. The van der Waals surface area contributed by atoms with Gasteiger partial charge in [0.1, 0.15) is 10.8 Å². The normalized spacial score (nSPS) is 19.4. The minimum Gasteiger partial charge on any atom is -0.335 e. The highest BCUT2D eigenvalue weighted by atomic mass is 32.1. The first-order chi connectivity index (χ1) is 11.1. The van der Waals surface area contributed by atoms with Gasteiger partial charge >= 0.3 is 6.03 Å². The number of carbonyl (C=O) groups is 1. The molecule has 2 atom stereocenters. The standard InChI is InChI=1S/C17H20FN3OS/c1-3-13-9-19-16(23-13)10-21(2)17(22)20-15-8-14(15)11-5-4-6-12(18)7-11/h4-7,9,14-15H,3,8,10H2,1-2H3,(H,20,22)/t14-,15+/m0/s1. The first-order valence-electron chi connectivity index (χ1n) is 7.77. The van der Waals surface area contributed by atoms with Crippen LogP contribution in [0.1, 0.15) is 34.7 Å². The molecule has 6 heteroatoms. The third kappa shape index (κ3) is 3.88. The van der Waals surface area contributed by atoms with Gasteiger partial charge in [-0.2, -0.15) is 0 Å². The summed E-state index contributed by atoms with van der Waals surface area (Å²) < 4.78 is 13.2. The molecule has 0 aliphatic heterocycles. The fourth-order valence-corrected chi connectivity index (χ4v) is 3.50. The number of rotatable bonds is 5. The van der Waals surface area contributed by atoms with Crippen molar-refractivity contribution in [2.45, 2.75) is 38.3 Å². The van der Waals surface area contributed by atoms with Crippen molar-refractivity contribution < 1.29 is 9.18 Å². The zero-order chi connectivity index (χ0) is 16.4. The molecular formula is C17H20FN3OS. The predicted molar refractivity (Wildman–Crippen MR) is 89.0 cm³/mol. The van der Waals surface area contributed by atoms with Crippen LogP contribution in [0, 0.1) is 5.82 Å². The maximum absolute atomic E-state index is 13.2. The third-order valence-corrected chi connectivity index (χ3v) is 5.17. The molecule has 1 saturated carbocycles. The predicted octanol–water partition coefficient (Wildman–Crippen LogP) is 3.54. The number of hydrogen-bond donors (Lipinski definition) is 1. The molecular weight excluding hydrogens is 313 g/mol. The molecule has 1 aliphatic rings. The number of nitrogens with zero attached hydrogens (tertiary/aromatic N) is 2. The number of urea groups is 1. The van der Waals surface area contributed by atoms with Gasteiger partial charge in [0.2, 0.25) is 0 Å². The fraction of sp³-hybridized carbons (Fsp3) is 0.412. The molecule has 23 heavy (non-hydrogen) atoms. The Morgan fingerprint density at radius 2 is 2.35 bits per heavy atom. The lowest BCUT2D eigenvalue weighted by molar-refractivity contribution is 0.206. The summed E-state index contributed by atoms with van der Waals surface area (Å²) in [6.07, 6.45) is 3.69. The van der Waals surface area contributed by atoms with Crippen LogP contribution in [0.25, 0.3) is 0 Å². The number of thiazole rings is 1. The Balaban J connectivity index is 1.51. The van der Waals surface area contributed by atoms with Gasteiger partial charge in [-0.25, -0.2) is 14.2 Å². The smallest absolute Gasteiger partial charge is 0.317 e. The fourth-order valence-electron chi connectivity index (χ4n) is 2.59. The zero-order valence-electron chi connectivity index (χ0n) is 13.3. The van der Waals surface area contributed by atoms with E-state index >= 15 is 0 Å². The van der Waals surface area contributed by atoms with Gasteiger partial charge in [-0.05, 0) is 30.5 Å². The van der Waals surface area contributed by atoms with E-state index in [-0.39, 0.29) is 23.8 Å². The topological polar surface area (TPSA) is 45.2 Å². The maximum Gasteiger partial charge on any atom is 0.317 e. The van der Waals surface area contributed by atoms with Gasteiger partial charge in [-0.3, -0.25) is 0 Å². The molecule has 0 unspecified atom stereocenters. The molecule has 2 aromatic rings. The first-order valence-corrected chi connectivity index (χ1v) is 8.59. The van der Waals surface area contributed by atoms with Crippen LogP contribution < -0.4 is 5.32 Å². The maximum atomic E-state index is 13.2. The average molecular weight is 333 g/mol. The molecule has 0 radical (unpaired) electrons. The van der Waals surface area contributed by atoms with Gasteiger partial charge in [0.15, 0.2) is 0 Å². The SMILES string of the molecule is CCc1cnc(CN(C)C(=O)N[C@@H]2C[C@H]2c2cccc(F)c2)s1. The molecule has 1 fully saturated rings. The van der Waals surface area contributed by atoms with E-state index in [4.69, 9.17) is 0 Å². The molecule has 3 rings (SSSR count).